The molecule has 1 aromatic carbocycles. The van der Waals surface area contributed by atoms with Crippen LogP contribution >= 0.6 is 0 Å². The van der Waals surface area contributed by atoms with Crippen LogP contribution in [-0.2, 0) is 4.79 Å². The van der Waals surface area contributed by atoms with Crippen LogP contribution in [0.1, 0.15) is 18.5 Å². The monoisotopic (exact) mass is 274 g/mol. The third kappa shape index (κ3) is 3.12. The predicted octanol–water partition coefficient (Wildman–Crippen LogP) is 2.50. The highest BCUT2D eigenvalue weighted by Gasteiger charge is 2.16. The average Bonchev–Trinajstić information content (AvgIpc) is 2.43. The molecule has 0 aliphatic rings. The second kappa shape index (κ2) is 5.69. The van der Waals surface area contributed by atoms with Gasteiger partial charge in [0.25, 0.3) is 5.56 Å². The third-order valence-electron chi connectivity index (χ3n) is 2.99. The van der Waals surface area contributed by atoms with Crippen molar-refractivity contribution in [2.75, 3.05) is 5.32 Å². The van der Waals surface area contributed by atoms with Crippen LogP contribution in [0, 0.1) is 12.7 Å². The van der Waals surface area contributed by atoms with E-state index in [-0.39, 0.29) is 17.3 Å². The summed E-state index contributed by atoms with van der Waals surface area (Å²) in [6, 6.07) is 7.95. The Kier molecular flexibility index (Phi) is 3.98. The zero-order chi connectivity index (χ0) is 14.7. The summed E-state index contributed by atoms with van der Waals surface area (Å²) in [5, 5.41) is 2.65. The van der Waals surface area contributed by atoms with Crippen molar-refractivity contribution in [2.45, 2.75) is 19.9 Å². The number of hydrogen-bond donors (Lipinski definition) is 1. The van der Waals surface area contributed by atoms with E-state index in [0.717, 1.165) is 5.56 Å². The minimum absolute atomic E-state index is 0.239. The molecule has 0 saturated heterocycles. The third-order valence-corrected chi connectivity index (χ3v) is 2.99. The Morgan fingerprint density at radius 1 is 1.20 bits per heavy atom. The van der Waals surface area contributed by atoms with E-state index in [2.05, 4.69) is 5.32 Å². The molecule has 1 heterocycles. The maximum atomic E-state index is 12.8. The normalized spacial score (nSPS) is 11.9. The Balaban J connectivity index is 2.18. The maximum absolute atomic E-state index is 12.8. The number of pyridine rings is 1. The van der Waals surface area contributed by atoms with Gasteiger partial charge in [-0.15, -0.1) is 0 Å². The van der Waals surface area contributed by atoms with E-state index in [0.29, 0.717) is 5.69 Å². The van der Waals surface area contributed by atoms with Crippen LogP contribution in [0.4, 0.5) is 10.1 Å². The number of rotatable bonds is 3. The van der Waals surface area contributed by atoms with Crippen LogP contribution in [0.25, 0.3) is 0 Å². The zero-order valence-corrected chi connectivity index (χ0v) is 11.3. The summed E-state index contributed by atoms with van der Waals surface area (Å²) in [4.78, 5) is 23.8. The molecule has 0 aliphatic heterocycles. The van der Waals surface area contributed by atoms with Gasteiger partial charge in [0.2, 0.25) is 5.91 Å². The number of carbonyl (C=O) groups is 1. The lowest BCUT2D eigenvalue weighted by atomic mass is 10.2. The smallest absolute Gasteiger partial charge is 0.251 e. The second-order valence-electron chi connectivity index (χ2n) is 4.62. The molecule has 0 radical (unpaired) electrons. The van der Waals surface area contributed by atoms with Gasteiger partial charge in [-0.1, -0.05) is 6.07 Å². The minimum Gasteiger partial charge on any atom is -0.324 e. The molecule has 0 spiro atoms. The summed E-state index contributed by atoms with van der Waals surface area (Å²) in [5.41, 5.74) is 1.15. The van der Waals surface area contributed by atoms with Crippen molar-refractivity contribution in [3.05, 3.63) is 64.3 Å². The Labute approximate surface area is 115 Å². The van der Waals surface area contributed by atoms with Gasteiger partial charge in [-0.3, -0.25) is 9.59 Å². The van der Waals surface area contributed by atoms with E-state index >= 15 is 0 Å². The van der Waals surface area contributed by atoms with Crippen molar-refractivity contribution in [1.82, 2.24) is 4.57 Å². The second-order valence-corrected chi connectivity index (χ2v) is 4.62. The van der Waals surface area contributed by atoms with Crippen LogP contribution in [0.3, 0.4) is 0 Å². The van der Waals surface area contributed by atoms with Gasteiger partial charge in [0, 0.05) is 18.0 Å². The van der Waals surface area contributed by atoms with Crippen molar-refractivity contribution in [3.63, 3.8) is 0 Å². The molecular weight excluding hydrogens is 259 g/mol. The number of amides is 1. The van der Waals surface area contributed by atoms with E-state index in [1.165, 1.54) is 34.9 Å². The van der Waals surface area contributed by atoms with E-state index in [9.17, 15) is 14.0 Å². The minimum atomic E-state index is -0.646. The molecule has 5 heteroatoms. The van der Waals surface area contributed by atoms with Gasteiger partial charge in [-0.05, 0) is 43.7 Å². The first-order valence-electron chi connectivity index (χ1n) is 6.22. The van der Waals surface area contributed by atoms with E-state index < -0.39 is 6.04 Å². The number of carbonyl (C=O) groups excluding carboxylic acids is 1. The van der Waals surface area contributed by atoms with Gasteiger partial charge in [0.05, 0.1) is 0 Å². The van der Waals surface area contributed by atoms with Gasteiger partial charge in [-0.25, -0.2) is 4.39 Å². The molecule has 1 N–H and O–H groups in total. The Morgan fingerprint density at radius 3 is 2.50 bits per heavy atom. The Hall–Kier alpha value is -2.43. The molecule has 1 amide bonds. The highest BCUT2D eigenvalue weighted by atomic mass is 19.1. The van der Waals surface area contributed by atoms with Crippen molar-refractivity contribution >= 4 is 11.6 Å². The summed E-state index contributed by atoms with van der Waals surface area (Å²) in [7, 11) is 0. The topological polar surface area (TPSA) is 51.1 Å². The van der Waals surface area contributed by atoms with Gasteiger partial charge in [0.1, 0.15) is 11.9 Å². The molecule has 1 atom stereocenters. The van der Waals surface area contributed by atoms with Crippen LogP contribution < -0.4 is 10.9 Å². The molecule has 2 rings (SSSR count). The molecule has 0 fully saturated rings. The van der Waals surface area contributed by atoms with E-state index in [4.69, 9.17) is 0 Å². The fourth-order valence-electron chi connectivity index (χ4n) is 1.82. The number of halogens is 1. The summed E-state index contributed by atoms with van der Waals surface area (Å²) < 4.78 is 14.2. The summed E-state index contributed by atoms with van der Waals surface area (Å²) >= 11 is 0. The first kappa shape index (κ1) is 14.0. The Morgan fingerprint density at radius 2 is 1.85 bits per heavy atom. The fraction of sp³-hybridized carbons (Fsp3) is 0.200. The van der Waals surface area contributed by atoms with Gasteiger partial charge in [-0.2, -0.15) is 0 Å². The predicted molar refractivity (Wildman–Crippen MR) is 75.2 cm³/mol. The largest absolute Gasteiger partial charge is 0.324 e. The van der Waals surface area contributed by atoms with Crippen LogP contribution in [0.15, 0.2) is 47.4 Å². The van der Waals surface area contributed by atoms with E-state index in [1.807, 2.05) is 6.92 Å². The highest BCUT2D eigenvalue weighted by molar-refractivity contribution is 5.93. The van der Waals surface area contributed by atoms with Gasteiger partial charge >= 0.3 is 0 Å². The van der Waals surface area contributed by atoms with Crippen molar-refractivity contribution < 1.29 is 9.18 Å². The molecule has 0 aliphatic carbocycles. The lowest BCUT2D eigenvalue weighted by molar-refractivity contribution is -0.118. The van der Waals surface area contributed by atoms with Crippen molar-refractivity contribution in [2.24, 2.45) is 0 Å². The number of nitrogens with one attached hydrogen (secondary N) is 1. The fourth-order valence-corrected chi connectivity index (χ4v) is 1.82. The number of aryl methyl sites for hydroxylation is 1. The lowest BCUT2D eigenvalue weighted by Crippen LogP contribution is -2.31. The average molecular weight is 274 g/mol. The molecule has 1 unspecified atom stereocenters. The van der Waals surface area contributed by atoms with Crippen molar-refractivity contribution in [1.29, 1.82) is 0 Å². The Bertz CT molecular complexity index is 677. The maximum Gasteiger partial charge on any atom is 0.251 e. The summed E-state index contributed by atoms with van der Waals surface area (Å²) in [6.45, 7) is 3.49. The molecule has 2 aromatic rings. The van der Waals surface area contributed by atoms with Gasteiger partial charge in [0.15, 0.2) is 0 Å². The van der Waals surface area contributed by atoms with Crippen LogP contribution in [-0.4, -0.2) is 10.5 Å². The van der Waals surface area contributed by atoms with Crippen molar-refractivity contribution in [3.8, 4) is 0 Å². The molecule has 20 heavy (non-hydrogen) atoms. The van der Waals surface area contributed by atoms with Crippen LogP contribution in [0.2, 0.25) is 0 Å². The summed E-state index contributed by atoms with van der Waals surface area (Å²) in [5.74, 6) is -0.699. The zero-order valence-electron chi connectivity index (χ0n) is 11.3. The number of aromatic nitrogens is 1. The number of anilines is 1. The number of nitrogens with zero attached hydrogens (tertiary/aromatic N) is 1. The first-order valence-corrected chi connectivity index (χ1v) is 6.22. The quantitative estimate of drug-likeness (QED) is 0.935. The molecule has 104 valence electrons. The lowest BCUT2D eigenvalue weighted by Gasteiger charge is -2.15. The molecule has 4 nitrogen and oxygen atoms in total. The number of benzene rings is 1. The summed E-state index contributed by atoms with van der Waals surface area (Å²) in [6.07, 6.45) is 1.64. The first-order chi connectivity index (χ1) is 9.47. The molecular formula is C15H15FN2O2. The highest BCUT2D eigenvalue weighted by Crippen LogP contribution is 2.12. The van der Waals surface area contributed by atoms with Crippen LogP contribution in [0.5, 0.6) is 0 Å². The SMILES string of the molecule is Cc1ccc(=O)n(C(C)C(=O)Nc2ccc(F)cc2)c1. The molecule has 1 aromatic heterocycles. The number of hydrogen-bond acceptors (Lipinski definition) is 2. The standard InChI is InChI=1S/C15H15FN2O2/c1-10-3-8-14(19)18(9-10)11(2)15(20)17-13-6-4-12(16)5-7-13/h3-9,11H,1-2H3,(H,17,20). The molecule has 0 saturated carbocycles. The van der Waals surface area contributed by atoms with E-state index in [1.54, 1.807) is 19.2 Å². The molecule has 0 bridgehead atoms. The van der Waals surface area contributed by atoms with Gasteiger partial charge < -0.3 is 9.88 Å².